The second-order valence-corrected chi connectivity index (χ2v) is 8.75. The number of rotatable bonds is 6. The van der Waals surface area contributed by atoms with Crippen LogP contribution in [0.15, 0.2) is 4.99 Å². The fourth-order valence-corrected chi connectivity index (χ4v) is 4.61. The highest BCUT2D eigenvalue weighted by atomic mass is 32.2. The van der Waals surface area contributed by atoms with Crippen molar-refractivity contribution in [1.29, 1.82) is 0 Å². The van der Waals surface area contributed by atoms with Gasteiger partial charge in [-0.15, -0.1) is 0 Å². The summed E-state index contributed by atoms with van der Waals surface area (Å²) in [5, 5.41) is 8.04. The number of hydrogen-bond donors (Lipinski definition) is 2. The minimum Gasteiger partial charge on any atom is -0.355 e. The monoisotopic (exact) mass is 355 g/mol. The molecule has 1 aliphatic heterocycles. The van der Waals surface area contributed by atoms with Crippen molar-refractivity contribution in [3.8, 4) is 0 Å². The molecule has 1 saturated carbocycles. The molecule has 2 fully saturated rings. The zero-order valence-electron chi connectivity index (χ0n) is 16.2. The third-order valence-corrected chi connectivity index (χ3v) is 6.63. The van der Waals surface area contributed by atoms with Crippen LogP contribution in [0.1, 0.15) is 33.1 Å². The van der Waals surface area contributed by atoms with Gasteiger partial charge in [-0.3, -0.25) is 9.89 Å². The second kappa shape index (κ2) is 9.88. The van der Waals surface area contributed by atoms with E-state index in [1.54, 1.807) is 0 Å². The average molecular weight is 356 g/mol. The van der Waals surface area contributed by atoms with Crippen LogP contribution >= 0.6 is 11.8 Å². The van der Waals surface area contributed by atoms with Gasteiger partial charge in [-0.1, -0.05) is 13.8 Å². The van der Waals surface area contributed by atoms with E-state index in [1.165, 1.54) is 45.4 Å². The Morgan fingerprint density at radius 1 is 1.21 bits per heavy atom. The van der Waals surface area contributed by atoms with E-state index in [0.29, 0.717) is 18.0 Å². The molecule has 0 aromatic carbocycles. The third kappa shape index (κ3) is 5.81. The lowest BCUT2D eigenvalue weighted by Gasteiger charge is -2.40. The molecular weight excluding hydrogens is 318 g/mol. The van der Waals surface area contributed by atoms with Crippen LogP contribution in [0.2, 0.25) is 0 Å². The third-order valence-electron chi connectivity index (χ3n) is 5.54. The van der Waals surface area contributed by atoms with Crippen molar-refractivity contribution >= 4 is 17.7 Å². The lowest BCUT2D eigenvalue weighted by molar-refractivity contribution is 0.0899. The summed E-state index contributed by atoms with van der Waals surface area (Å²) >= 11 is 2.00. The lowest BCUT2D eigenvalue weighted by atomic mass is 10.0. The molecule has 1 aliphatic carbocycles. The minimum atomic E-state index is 0.569. The zero-order valence-corrected chi connectivity index (χ0v) is 17.0. The highest BCUT2D eigenvalue weighted by Crippen LogP contribution is 2.28. The summed E-state index contributed by atoms with van der Waals surface area (Å²) in [6.07, 6.45) is 6.07. The van der Waals surface area contributed by atoms with Crippen LogP contribution in [0.5, 0.6) is 0 Å². The molecule has 0 spiro atoms. The number of guanidine groups is 1. The number of piperazine rings is 1. The summed E-state index contributed by atoms with van der Waals surface area (Å²) in [4.78, 5) is 9.52. The van der Waals surface area contributed by atoms with E-state index in [1.807, 2.05) is 18.8 Å². The van der Waals surface area contributed by atoms with Gasteiger partial charge < -0.3 is 15.5 Å². The lowest BCUT2D eigenvalue weighted by Crippen LogP contribution is -2.55. The number of thioether (sulfide) groups is 1. The largest absolute Gasteiger partial charge is 0.355 e. The fourth-order valence-electron chi connectivity index (χ4n) is 3.81. The first-order valence-corrected chi connectivity index (χ1v) is 10.7. The average Bonchev–Trinajstić information content (AvgIpc) is 3.03. The quantitative estimate of drug-likeness (QED) is 0.561. The van der Waals surface area contributed by atoms with Gasteiger partial charge >= 0.3 is 0 Å². The van der Waals surface area contributed by atoms with E-state index in [0.717, 1.165) is 17.8 Å². The molecule has 0 aromatic rings. The number of likely N-dealkylation sites (N-methyl/N-ethyl adjacent to an activating group) is 1. The molecule has 2 rings (SSSR count). The van der Waals surface area contributed by atoms with Crippen molar-refractivity contribution in [3.63, 3.8) is 0 Å². The second-order valence-electron chi connectivity index (χ2n) is 7.62. The van der Waals surface area contributed by atoms with Crippen molar-refractivity contribution < 1.29 is 0 Å². The Bertz CT molecular complexity index is 393. The van der Waals surface area contributed by atoms with Gasteiger partial charge in [0.25, 0.3) is 0 Å². The van der Waals surface area contributed by atoms with Crippen LogP contribution < -0.4 is 10.6 Å². The highest BCUT2D eigenvalue weighted by Gasteiger charge is 2.27. The van der Waals surface area contributed by atoms with Crippen molar-refractivity contribution in [1.82, 2.24) is 20.4 Å². The summed E-state index contributed by atoms with van der Waals surface area (Å²) in [6, 6.07) is 1.15. The molecule has 6 heteroatoms. The molecule has 0 bridgehead atoms. The molecule has 2 N–H and O–H groups in total. The fraction of sp³-hybridized carbons (Fsp3) is 0.944. The van der Waals surface area contributed by atoms with Crippen LogP contribution in [0.25, 0.3) is 0 Å². The molecule has 5 nitrogen and oxygen atoms in total. The number of hydrogen-bond acceptors (Lipinski definition) is 4. The Labute approximate surface area is 153 Å². The molecule has 2 aliphatic rings. The van der Waals surface area contributed by atoms with Crippen molar-refractivity contribution in [2.24, 2.45) is 10.9 Å². The number of aliphatic imine (C=N–C) groups is 1. The first kappa shape index (κ1) is 19.9. The highest BCUT2D eigenvalue weighted by molar-refractivity contribution is 7.99. The van der Waals surface area contributed by atoms with E-state index in [2.05, 4.69) is 52.6 Å². The number of nitrogens with zero attached hydrogens (tertiary/aromatic N) is 3. The first-order chi connectivity index (χ1) is 11.5. The van der Waals surface area contributed by atoms with Gasteiger partial charge in [0.15, 0.2) is 5.96 Å². The molecule has 140 valence electrons. The summed E-state index contributed by atoms with van der Waals surface area (Å²) in [7, 11) is 4.10. The standard InChI is InChI=1S/C18H37N5S/c1-14(2)17(23-10-8-22(4)9-11-23)13-20-18(19-3)21-15-6-7-16(12-15)24-5/h14-17H,6-13H2,1-5H3,(H2,19,20,21). The van der Waals surface area contributed by atoms with Crippen LogP contribution in [0, 0.1) is 5.92 Å². The maximum atomic E-state index is 4.45. The predicted molar refractivity (Wildman–Crippen MR) is 107 cm³/mol. The summed E-state index contributed by atoms with van der Waals surface area (Å²) < 4.78 is 0. The van der Waals surface area contributed by atoms with E-state index in [9.17, 15) is 0 Å². The summed E-state index contributed by atoms with van der Waals surface area (Å²) in [5.41, 5.74) is 0. The summed E-state index contributed by atoms with van der Waals surface area (Å²) in [5.74, 6) is 1.62. The Morgan fingerprint density at radius 3 is 2.46 bits per heavy atom. The first-order valence-electron chi connectivity index (χ1n) is 9.46. The number of nitrogens with one attached hydrogen (secondary N) is 2. The van der Waals surface area contributed by atoms with Gasteiger partial charge in [0.05, 0.1) is 0 Å². The maximum absolute atomic E-state index is 4.45. The van der Waals surface area contributed by atoms with E-state index in [4.69, 9.17) is 0 Å². The van der Waals surface area contributed by atoms with E-state index in [-0.39, 0.29) is 0 Å². The van der Waals surface area contributed by atoms with Gasteiger partial charge in [0.1, 0.15) is 0 Å². The maximum Gasteiger partial charge on any atom is 0.191 e. The molecule has 1 saturated heterocycles. The van der Waals surface area contributed by atoms with Crippen molar-refractivity contribution in [3.05, 3.63) is 0 Å². The Balaban J connectivity index is 1.81. The van der Waals surface area contributed by atoms with Crippen LogP contribution in [0.3, 0.4) is 0 Å². The molecule has 3 atom stereocenters. The van der Waals surface area contributed by atoms with E-state index >= 15 is 0 Å². The van der Waals surface area contributed by atoms with Gasteiger partial charge in [0, 0.05) is 57.1 Å². The van der Waals surface area contributed by atoms with Crippen molar-refractivity contribution in [2.45, 2.75) is 50.4 Å². The molecular formula is C18H37N5S. The normalized spacial score (nSPS) is 28.3. The summed E-state index contributed by atoms with van der Waals surface area (Å²) in [6.45, 7) is 10.3. The molecule has 1 heterocycles. The van der Waals surface area contributed by atoms with Gasteiger partial charge in [-0.2, -0.15) is 11.8 Å². The van der Waals surface area contributed by atoms with Gasteiger partial charge in [-0.25, -0.2) is 0 Å². The smallest absolute Gasteiger partial charge is 0.191 e. The van der Waals surface area contributed by atoms with Crippen LogP contribution in [-0.2, 0) is 0 Å². The Kier molecular flexibility index (Phi) is 8.17. The SMILES string of the molecule is CN=C(NCC(C(C)C)N1CCN(C)CC1)NC1CCC(SC)C1. The molecule has 3 unspecified atom stereocenters. The van der Waals surface area contributed by atoms with E-state index < -0.39 is 0 Å². The minimum absolute atomic E-state index is 0.569. The van der Waals surface area contributed by atoms with Crippen molar-refractivity contribution in [2.75, 3.05) is 53.1 Å². The molecule has 24 heavy (non-hydrogen) atoms. The van der Waals surface area contributed by atoms with Crippen LogP contribution in [0.4, 0.5) is 0 Å². The molecule has 0 amide bonds. The molecule has 0 aromatic heterocycles. The van der Waals surface area contributed by atoms with Gasteiger partial charge in [-0.05, 0) is 38.5 Å². The van der Waals surface area contributed by atoms with Crippen LogP contribution in [-0.4, -0.2) is 86.2 Å². The molecule has 0 radical (unpaired) electrons. The zero-order chi connectivity index (χ0) is 17.5. The Hall–Kier alpha value is -0.460. The Morgan fingerprint density at radius 2 is 1.92 bits per heavy atom. The predicted octanol–water partition coefficient (Wildman–Crippen LogP) is 1.71. The van der Waals surface area contributed by atoms with Gasteiger partial charge in [0.2, 0.25) is 0 Å². The topological polar surface area (TPSA) is 42.9 Å².